The molecule has 0 aliphatic rings. The summed E-state index contributed by atoms with van der Waals surface area (Å²) in [6.45, 7) is 0. The van der Waals surface area contributed by atoms with Crippen LogP contribution in [-0.2, 0) is 10.0 Å². The summed E-state index contributed by atoms with van der Waals surface area (Å²) in [4.78, 5) is -0.157. The Bertz CT molecular complexity index is 800. The molecular formula is C13H8FIN2O2S. The van der Waals surface area contributed by atoms with Gasteiger partial charge in [0.05, 0.1) is 16.1 Å². The lowest BCUT2D eigenvalue weighted by molar-refractivity contribution is 0.599. The fourth-order valence-electron chi connectivity index (χ4n) is 1.50. The molecule has 7 heteroatoms. The molecule has 0 saturated carbocycles. The first-order valence-corrected chi connectivity index (χ1v) is 7.97. The molecule has 0 amide bonds. The van der Waals surface area contributed by atoms with E-state index < -0.39 is 15.8 Å². The predicted octanol–water partition coefficient (Wildman–Crippen LogP) is 3.10. The van der Waals surface area contributed by atoms with Gasteiger partial charge in [-0.1, -0.05) is 12.1 Å². The Morgan fingerprint density at radius 3 is 2.55 bits per heavy atom. The molecule has 0 unspecified atom stereocenters. The van der Waals surface area contributed by atoms with Crippen LogP contribution in [0.1, 0.15) is 5.56 Å². The minimum atomic E-state index is -3.86. The highest BCUT2D eigenvalue weighted by Gasteiger charge is 2.17. The Hall–Kier alpha value is -1.66. The number of nitriles is 1. The summed E-state index contributed by atoms with van der Waals surface area (Å²) in [6, 6.07) is 11.6. The average molecular weight is 402 g/mol. The first-order chi connectivity index (χ1) is 9.44. The number of nitrogens with zero attached hydrogens (tertiary/aromatic N) is 1. The van der Waals surface area contributed by atoms with Crippen molar-refractivity contribution >= 4 is 38.3 Å². The summed E-state index contributed by atoms with van der Waals surface area (Å²) < 4.78 is 40.7. The van der Waals surface area contributed by atoms with E-state index in [-0.39, 0.29) is 10.5 Å². The first-order valence-electron chi connectivity index (χ1n) is 5.41. The zero-order valence-electron chi connectivity index (χ0n) is 9.97. The van der Waals surface area contributed by atoms with Crippen molar-refractivity contribution in [3.05, 3.63) is 57.4 Å². The second kappa shape index (κ2) is 5.76. The van der Waals surface area contributed by atoms with E-state index in [1.165, 1.54) is 0 Å². The van der Waals surface area contributed by atoms with Crippen molar-refractivity contribution in [1.82, 2.24) is 0 Å². The van der Waals surface area contributed by atoms with Gasteiger partial charge < -0.3 is 0 Å². The van der Waals surface area contributed by atoms with Crippen molar-refractivity contribution in [3.63, 3.8) is 0 Å². The molecule has 2 aromatic carbocycles. The van der Waals surface area contributed by atoms with Gasteiger partial charge in [-0.2, -0.15) is 5.26 Å². The first kappa shape index (κ1) is 14.7. The highest BCUT2D eigenvalue weighted by molar-refractivity contribution is 14.1. The topological polar surface area (TPSA) is 70.0 Å². The maximum Gasteiger partial charge on any atom is 0.261 e. The zero-order chi connectivity index (χ0) is 14.8. The average Bonchev–Trinajstić information content (AvgIpc) is 2.41. The molecule has 2 rings (SSSR count). The molecule has 0 heterocycles. The Balaban J connectivity index is 2.42. The van der Waals surface area contributed by atoms with Gasteiger partial charge in [-0.05, 0) is 52.9 Å². The van der Waals surface area contributed by atoms with Crippen LogP contribution in [0.4, 0.5) is 10.1 Å². The molecular weight excluding hydrogens is 394 g/mol. The van der Waals surface area contributed by atoms with Crippen molar-refractivity contribution in [1.29, 1.82) is 5.26 Å². The number of anilines is 1. The number of sulfonamides is 1. The Labute approximate surface area is 129 Å². The molecule has 1 N–H and O–H groups in total. The van der Waals surface area contributed by atoms with Gasteiger partial charge in [0.2, 0.25) is 0 Å². The van der Waals surface area contributed by atoms with Gasteiger partial charge in [-0.15, -0.1) is 0 Å². The lowest BCUT2D eigenvalue weighted by Gasteiger charge is -2.10. The van der Waals surface area contributed by atoms with Crippen molar-refractivity contribution in [2.75, 3.05) is 4.72 Å². The molecule has 0 fully saturated rings. The number of hydrogen-bond acceptors (Lipinski definition) is 3. The van der Waals surface area contributed by atoms with Gasteiger partial charge in [-0.25, -0.2) is 12.8 Å². The van der Waals surface area contributed by atoms with Crippen molar-refractivity contribution in [2.45, 2.75) is 4.90 Å². The fourth-order valence-corrected chi connectivity index (χ4v) is 3.32. The Morgan fingerprint density at radius 2 is 1.90 bits per heavy atom. The number of benzene rings is 2. The molecule has 0 radical (unpaired) electrons. The van der Waals surface area contributed by atoms with Crippen LogP contribution in [0.25, 0.3) is 0 Å². The molecule has 20 heavy (non-hydrogen) atoms. The maximum atomic E-state index is 13.2. The van der Waals surface area contributed by atoms with Crippen LogP contribution in [0, 0.1) is 20.7 Å². The predicted molar refractivity (Wildman–Crippen MR) is 81.1 cm³/mol. The lowest BCUT2D eigenvalue weighted by atomic mass is 10.2. The zero-order valence-corrected chi connectivity index (χ0v) is 12.9. The minimum Gasteiger partial charge on any atom is -0.279 e. The number of nitrogens with one attached hydrogen (secondary N) is 1. The Morgan fingerprint density at radius 1 is 1.20 bits per heavy atom. The van der Waals surface area contributed by atoms with Crippen LogP contribution in [0.2, 0.25) is 0 Å². The van der Waals surface area contributed by atoms with Crippen molar-refractivity contribution in [3.8, 4) is 6.07 Å². The van der Waals surface area contributed by atoms with E-state index in [1.54, 1.807) is 30.3 Å². The molecule has 0 atom stereocenters. The standard InChI is InChI=1S/C13H8FIN2O2S/c14-11-6-5-10(7-9(11)8-16)20(18,19)17-13-4-2-1-3-12(13)15/h1-7,17H. The summed E-state index contributed by atoms with van der Waals surface area (Å²) >= 11 is 2.00. The quantitative estimate of drug-likeness (QED) is 0.803. The van der Waals surface area contributed by atoms with Crippen LogP contribution >= 0.6 is 22.6 Å². The summed E-state index contributed by atoms with van der Waals surface area (Å²) in [5.74, 6) is -0.749. The third-order valence-electron chi connectivity index (χ3n) is 2.49. The van der Waals surface area contributed by atoms with E-state index in [2.05, 4.69) is 4.72 Å². The van der Waals surface area contributed by atoms with Crippen LogP contribution in [-0.4, -0.2) is 8.42 Å². The smallest absolute Gasteiger partial charge is 0.261 e. The van der Waals surface area contributed by atoms with E-state index in [0.29, 0.717) is 5.69 Å². The van der Waals surface area contributed by atoms with Gasteiger partial charge in [0.25, 0.3) is 10.0 Å². The van der Waals surface area contributed by atoms with E-state index >= 15 is 0 Å². The summed E-state index contributed by atoms with van der Waals surface area (Å²) in [7, 11) is -3.86. The number of halogens is 2. The molecule has 0 spiro atoms. The molecule has 4 nitrogen and oxygen atoms in total. The summed E-state index contributed by atoms with van der Waals surface area (Å²) in [5, 5.41) is 8.74. The van der Waals surface area contributed by atoms with Gasteiger partial charge in [0.1, 0.15) is 11.9 Å². The molecule has 102 valence electrons. The lowest BCUT2D eigenvalue weighted by Crippen LogP contribution is -2.14. The third kappa shape index (κ3) is 3.08. The van der Waals surface area contributed by atoms with Crippen molar-refractivity contribution in [2.24, 2.45) is 0 Å². The fraction of sp³-hybridized carbons (Fsp3) is 0. The van der Waals surface area contributed by atoms with E-state index in [4.69, 9.17) is 5.26 Å². The molecule has 0 aliphatic carbocycles. The van der Waals surface area contributed by atoms with Gasteiger partial charge in [-0.3, -0.25) is 4.72 Å². The summed E-state index contributed by atoms with van der Waals surface area (Å²) in [6.07, 6.45) is 0. The highest BCUT2D eigenvalue weighted by Crippen LogP contribution is 2.22. The number of rotatable bonds is 3. The Kier molecular flexibility index (Phi) is 4.25. The monoisotopic (exact) mass is 402 g/mol. The summed E-state index contributed by atoms with van der Waals surface area (Å²) in [5.41, 5.74) is 0.117. The largest absolute Gasteiger partial charge is 0.279 e. The maximum absolute atomic E-state index is 13.2. The van der Waals surface area contributed by atoms with E-state index in [1.807, 2.05) is 22.6 Å². The molecule has 2 aromatic rings. The second-order valence-corrected chi connectivity index (χ2v) is 6.68. The molecule has 0 saturated heterocycles. The molecule has 0 aliphatic heterocycles. The second-order valence-electron chi connectivity index (χ2n) is 3.84. The number of para-hydroxylation sites is 1. The minimum absolute atomic E-state index is 0.157. The van der Waals surface area contributed by atoms with E-state index in [9.17, 15) is 12.8 Å². The van der Waals surface area contributed by atoms with Crippen LogP contribution in [0.5, 0.6) is 0 Å². The normalized spacial score (nSPS) is 10.8. The number of hydrogen-bond donors (Lipinski definition) is 1. The highest BCUT2D eigenvalue weighted by atomic mass is 127. The van der Waals surface area contributed by atoms with Gasteiger partial charge in [0.15, 0.2) is 0 Å². The molecule has 0 bridgehead atoms. The van der Waals surface area contributed by atoms with Crippen LogP contribution < -0.4 is 4.72 Å². The van der Waals surface area contributed by atoms with Gasteiger partial charge >= 0.3 is 0 Å². The molecule has 0 aromatic heterocycles. The SMILES string of the molecule is N#Cc1cc(S(=O)(=O)Nc2ccccc2I)ccc1F. The van der Waals surface area contributed by atoms with Crippen LogP contribution in [0.15, 0.2) is 47.4 Å². The van der Waals surface area contributed by atoms with Crippen molar-refractivity contribution < 1.29 is 12.8 Å². The third-order valence-corrected chi connectivity index (χ3v) is 4.79. The van der Waals surface area contributed by atoms with E-state index in [0.717, 1.165) is 21.8 Å². The van der Waals surface area contributed by atoms with Crippen LogP contribution in [0.3, 0.4) is 0 Å². The van der Waals surface area contributed by atoms with Gasteiger partial charge in [0, 0.05) is 3.57 Å².